The number of nitro benzene ring substituents is 1. The first-order valence-electron chi connectivity index (χ1n) is 7.86. The molecule has 0 atom stereocenters. The molecule has 0 saturated heterocycles. The van der Waals surface area contributed by atoms with Gasteiger partial charge in [-0.2, -0.15) is 0 Å². The second-order valence-electron chi connectivity index (χ2n) is 5.46. The summed E-state index contributed by atoms with van der Waals surface area (Å²) in [6, 6.07) is 8.94. The number of nitro groups is 1. The lowest BCUT2D eigenvalue weighted by Crippen LogP contribution is -2.36. The second kappa shape index (κ2) is 9.19. The van der Waals surface area contributed by atoms with Crippen molar-refractivity contribution in [2.45, 2.75) is 11.3 Å². The fourth-order valence-corrected chi connectivity index (χ4v) is 3.21. The van der Waals surface area contributed by atoms with Gasteiger partial charge in [-0.3, -0.25) is 10.1 Å². The number of carbonyl (C=O) groups excluding carboxylic acids is 1. The Bertz CT molecular complexity index is 969. The van der Waals surface area contributed by atoms with Crippen LogP contribution in [-0.2, 0) is 10.0 Å². The molecule has 150 valence electrons. The lowest BCUT2D eigenvalue weighted by atomic mass is 10.2. The van der Waals surface area contributed by atoms with Crippen molar-refractivity contribution in [3.05, 3.63) is 64.2 Å². The van der Waals surface area contributed by atoms with Crippen LogP contribution in [0.1, 0.15) is 12.0 Å². The lowest BCUT2D eigenvalue weighted by molar-refractivity contribution is -0.385. The molecule has 2 aromatic rings. The zero-order chi connectivity index (χ0) is 20.7. The normalized spacial score (nSPS) is 11.2. The summed E-state index contributed by atoms with van der Waals surface area (Å²) in [5, 5.41) is 15.4. The van der Waals surface area contributed by atoms with E-state index in [-0.39, 0.29) is 34.9 Å². The van der Waals surface area contributed by atoms with E-state index in [0.717, 1.165) is 18.2 Å². The van der Waals surface area contributed by atoms with Gasteiger partial charge in [-0.1, -0.05) is 18.2 Å². The van der Waals surface area contributed by atoms with Crippen LogP contribution in [-0.4, -0.2) is 32.5 Å². The van der Waals surface area contributed by atoms with Gasteiger partial charge in [-0.25, -0.2) is 26.7 Å². The van der Waals surface area contributed by atoms with Crippen molar-refractivity contribution < 1.29 is 26.9 Å². The first-order chi connectivity index (χ1) is 13.2. The van der Waals surface area contributed by atoms with Crippen LogP contribution < -0.4 is 15.4 Å². The van der Waals surface area contributed by atoms with Gasteiger partial charge in [0.25, 0.3) is 12.1 Å². The third-order valence-electron chi connectivity index (χ3n) is 3.44. The molecule has 0 aliphatic carbocycles. The highest BCUT2D eigenvalue weighted by Gasteiger charge is 2.17. The van der Waals surface area contributed by atoms with Crippen LogP contribution in [0.3, 0.4) is 0 Å². The Kier molecular flexibility index (Phi) is 6.95. The molecule has 2 rings (SSSR count). The molecule has 3 N–H and O–H groups in total. The topological polar surface area (TPSA) is 130 Å². The number of halogens is 2. The highest BCUT2D eigenvalue weighted by molar-refractivity contribution is 7.89. The predicted molar refractivity (Wildman–Crippen MR) is 96.7 cm³/mol. The molecule has 0 spiro atoms. The van der Waals surface area contributed by atoms with Gasteiger partial charge in [0.2, 0.25) is 10.0 Å². The van der Waals surface area contributed by atoms with E-state index >= 15 is 0 Å². The molecule has 28 heavy (non-hydrogen) atoms. The number of urea groups is 1. The SMILES string of the molecule is O=C(NCCNS(=O)(=O)c1cccc([N+](=O)[O-])c1)Nc1cccc(C(F)F)c1. The highest BCUT2D eigenvalue weighted by atomic mass is 32.2. The number of nitrogens with zero attached hydrogens (tertiary/aromatic N) is 1. The first-order valence-corrected chi connectivity index (χ1v) is 9.34. The molecule has 0 aromatic heterocycles. The molecular weight excluding hydrogens is 398 g/mol. The largest absolute Gasteiger partial charge is 0.337 e. The summed E-state index contributed by atoms with van der Waals surface area (Å²) in [5.74, 6) is 0. The van der Waals surface area contributed by atoms with E-state index in [4.69, 9.17) is 0 Å². The average Bonchev–Trinajstić information content (AvgIpc) is 2.65. The van der Waals surface area contributed by atoms with Crippen molar-refractivity contribution in [1.29, 1.82) is 0 Å². The molecule has 2 amide bonds. The van der Waals surface area contributed by atoms with Gasteiger partial charge in [-0.05, 0) is 18.2 Å². The summed E-state index contributed by atoms with van der Waals surface area (Å²) in [4.78, 5) is 21.5. The first kappa shape index (κ1) is 21.2. The van der Waals surface area contributed by atoms with Crippen LogP contribution in [0.15, 0.2) is 53.4 Å². The zero-order valence-corrected chi connectivity index (χ0v) is 15.1. The van der Waals surface area contributed by atoms with Gasteiger partial charge >= 0.3 is 6.03 Å². The number of carbonyl (C=O) groups is 1. The molecule has 0 heterocycles. The van der Waals surface area contributed by atoms with Crippen molar-refractivity contribution >= 4 is 27.4 Å². The zero-order valence-electron chi connectivity index (χ0n) is 14.3. The van der Waals surface area contributed by atoms with Crippen LogP contribution >= 0.6 is 0 Å². The van der Waals surface area contributed by atoms with E-state index in [1.807, 2.05) is 0 Å². The highest BCUT2D eigenvalue weighted by Crippen LogP contribution is 2.21. The van der Waals surface area contributed by atoms with Gasteiger partial charge in [-0.15, -0.1) is 0 Å². The fraction of sp³-hybridized carbons (Fsp3) is 0.188. The predicted octanol–water partition coefficient (Wildman–Crippen LogP) is 2.63. The standard InChI is InChI=1S/C16H16F2N4O5S/c17-15(18)11-3-1-4-12(9-11)21-16(23)19-7-8-20-28(26,27)14-6-2-5-13(10-14)22(24)25/h1-6,9-10,15,20H,7-8H2,(H2,19,21,23). The number of nitrogens with one attached hydrogen (secondary N) is 3. The van der Waals surface area contributed by atoms with Crippen LogP contribution in [0.2, 0.25) is 0 Å². The molecule has 0 radical (unpaired) electrons. The molecule has 0 aliphatic heterocycles. The number of sulfonamides is 1. The fourth-order valence-electron chi connectivity index (χ4n) is 2.14. The number of rotatable bonds is 8. The number of anilines is 1. The Balaban J connectivity index is 1.84. The molecule has 0 unspecified atom stereocenters. The maximum atomic E-state index is 12.6. The van der Waals surface area contributed by atoms with E-state index in [9.17, 15) is 32.1 Å². The summed E-state index contributed by atoms with van der Waals surface area (Å²) >= 11 is 0. The Morgan fingerprint density at radius 1 is 1.11 bits per heavy atom. The van der Waals surface area contributed by atoms with Crippen molar-refractivity contribution in [2.24, 2.45) is 0 Å². The van der Waals surface area contributed by atoms with E-state index in [2.05, 4.69) is 15.4 Å². The van der Waals surface area contributed by atoms with Crippen molar-refractivity contribution in [3.63, 3.8) is 0 Å². The van der Waals surface area contributed by atoms with E-state index in [0.29, 0.717) is 0 Å². The van der Waals surface area contributed by atoms with Crippen molar-refractivity contribution in [2.75, 3.05) is 18.4 Å². The van der Waals surface area contributed by atoms with Gasteiger partial charge in [0.1, 0.15) is 0 Å². The Hall–Kier alpha value is -3.12. The number of alkyl halides is 2. The van der Waals surface area contributed by atoms with E-state index < -0.39 is 27.4 Å². The summed E-state index contributed by atoms with van der Waals surface area (Å²) < 4.78 is 51.7. The van der Waals surface area contributed by atoms with Gasteiger partial charge < -0.3 is 10.6 Å². The van der Waals surface area contributed by atoms with E-state index in [1.165, 1.54) is 30.3 Å². The molecule has 0 saturated carbocycles. The monoisotopic (exact) mass is 414 g/mol. The Morgan fingerprint density at radius 3 is 2.50 bits per heavy atom. The van der Waals surface area contributed by atoms with Crippen molar-refractivity contribution in [3.8, 4) is 0 Å². The molecule has 9 nitrogen and oxygen atoms in total. The molecule has 0 bridgehead atoms. The van der Waals surface area contributed by atoms with Crippen molar-refractivity contribution in [1.82, 2.24) is 10.0 Å². The molecular formula is C16H16F2N4O5S. The lowest BCUT2D eigenvalue weighted by Gasteiger charge is -2.10. The summed E-state index contributed by atoms with van der Waals surface area (Å²) in [6.07, 6.45) is -2.67. The maximum Gasteiger partial charge on any atom is 0.319 e. The van der Waals surface area contributed by atoms with Crippen LogP contribution in [0.5, 0.6) is 0 Å². The minimum atomic E-state index is -4.00. The Labute approximate surface area is 159 Å². The summed E-state index contributed by atoms with van der Waals surface area (Å²) in [5.41, 5.74) is -0.457. The maximum absolute atomic E-state index is 12.6. The van der Waals surface area contributed by atoms with Crippen LogP contribution in [0.4, 0.5) is 25.0 Å². The molecule has 0 aliphatic rings. The number of non-ortho nitro benzene ring substituents is 1. The number of hydrogen-bond donors (Lipinski definition) is 3. The average molecular weight is 414 g/mol. The Morgan fingerprint density at radius 2 is 1.82 bits per heavy atom. The number of hydrogen-bond acceptors (Lipinski definition) is 5. The summed E-state index contributed by atoms with van der Waals surface area (Å²) in [6.45, 7) is -0.288. The smallest absolute Gasteiger partial charge is 0.319 e. The summed E-state index contributed by atoms with van der Waals surface area (Å²) in [7, 11) is -4.00. The quantitative estimate of drug-likeness (QED) is 0.347. The van der Waals surface area contributed by atoms with Gasteiger partial charge in [0.15, 0.2) is 0 Å². The van der Waals surface area contributed by atoms with Gasteiger partial charge in [0.05, 0.1) is 9.82 Å². The minimum Gasteiger partial charge on any atom is -0.337 e. The third kappa shape index (κ3) is 5.96. The van der Waals surface area contributed by atoms with E-state index in [1.54, 1.807) is 0 Å². The molecule has 12 heteroatoms. The molecule has 0 fully saturated rings. The van der Waals surface area contributed by atoms with Gasteiger partial charge in [0, 0.05) is 36.5 Å². The third-order valence-corrected chi connectivity index (χ3v) is 4.90. The van der Waals surface area contributed by atoms with Crippen LogP contribution in [0.25, 0.3) is 0 Å². The molecule has 2 aromatic carbocycles. The minimum absolute atomic E-state index is 0.103. The number of benzene rings is 2. The number of amides is 2. The van der Waals surface area contributed by atoms with Crippen LogP contribution in [0, 0.1) is 10.1 Å². The second-order valence-corrected chi connectivity index (χ2v) is 7.23.